The Morgan fingerprint density at radius 3 is 2.50 bits per heavy atom. The van der Waals surface area contributed by atoms with Crippen molar-refractivity contribution in [1.29, 1.82) is 5.26 Å². The smallest absolute Gasteiger partial charge is 0.227 e. The quantitative estimate of drug-likeness (QED) is 0.803. The number of amides is 1. The summed E-state index contributed by atoms with van der Waals surface area (Å²) in [6.07, 6.45) is 0.567. The molecule has 0 bridgehead atoms. The normalized spacial score (nSPS) is 10.2. The van der Waals surface area contributed by atoms with Crippen LogP contribution in [-0.4, -0.2) is 23.4 Å². The van der Waals surface area contributed by atoms with Gasteiger partial charge in [-0.05, 0) is 31.5 Å². The van der Waals surface area contributed by atoms with E-state index in [-0.39, 0.29) is 24.2 Å². The number of carbonyl (C=O) groups is 1. The van der Waals surface area contributed by atoms with E-state index in [1.807, 2.05) is 19.9 Å². The zero-order valence-electron chi connectivity index (χ0n) is 10.7. The molecule has 0 atom stereocenters. The highest BCUT2D eigenvalue weighted by molar-refractivity contribution is 5.79. The first-order valence-electron chi connectivity index (χ1n) is 5.95. The lowest BCUT2D eigenvalue weighted by Crippen LogP contribution is -2.38. The minimum Gasteiger partial charge on any atom is -0.339 e. The molecule has 1 amide bonds. The third-order valence-corrected chi connectivity index (χ3v) is 2.68. The van der Waals surface area contributed by atoms with Gasteiger partial charge in [-0.3, -0.25) is 4.79 Å². The number of nitriles is 1. The summed E-state index contributed by atoms with van der Waals surface area (Å²) in [6, 6.07) is 8.00. The van der Waals surface area contributed by atoms with Gasteiger partial charge in [-0.2, -0.15) is 5.26 Å². The molecule has 0 aromatic heterocycles. The summed E-state index contributed by atoms with van der Waals surface area (Å²) >= 11 is 0. The lowest BCUT2D eigenvalue weighted by molar-refractivity contribution is -0.132. The monoisotopic (exact) mass is 248 g/mol. The summed E-state index contributed by atoms with van der Waals surface area (Å²) in [5.74, 6) is -0.344. The van der Waals surface area contributed by atoms with Gasteiger partial charge in [-0.15, -0.1) is 0 Å². The van der Waals surface area contributed by atoms with Gasteiger partial charge in [-0.25, -0.2) is 4.39 Å². The summed E-state index contributed by atoms with van der Waals surface area (Å²) in [5.41, 5.74) is 0.781. The van der Waals surface area contributed by atoms with Crippen LogP contribution in [0.15, 0.2) is 24.3 Å². The molecule has 0 N–H and O–H groups in total. The number of carbonyl (C=O) groups excluding carboxylic acids is 1. The van der Waals surface area contributed by atoms with Gasteiger partial charge in [0.2, 0.25) is 5.91 Å². The summed E-state index contributed by atoms with van der Waals surface area (Å²) in [4.78, 5) is 13.7. The van der Waals surface area contributed by atoms with Gasteiger partial charge < -0.3 is 4.90 Å². The van der Waals surface area contributed by atoms with Crippen LogP contribution in [0.4, 0.5) is 4.39 Å². The second-order valence-electron chi connectivity index (χ2n) is 4.39. The fourth-order valence-corrected chi connectivity index (χ4v) is 1.72. The minimum absolute atomic E-state index is 0.0353. The average Bonchev–Trinajstić information content (AvgIpc) is 2.32. The minimum atomic E-state index is -0.309. The number of rotatable bonds is 5. The first-order chi connectivity index (χ1) is 8.54. The molecule has 0 radical (unpaired) electrons. The van der Waals surface area contributed by atoms with E-state index < -0.39 is 0 Å². The maximum absolute atomic E-state index is 12.7. The maximum atomic E-state index is 12.7. The van der Waals surface area contributed by atoms with Crippen LogP contribution in [0.25, 0.3) is 0 Å². The second kappa shape index (κ2) is 6.75. The molecule has 3 nitrogen and oxygen atoms in total. The Bertz CT molecular complexity index is 434. The molecule has 0 saturated heterocycles. The van der Waals surface area contributed by atoms with Crippen LogP contribution in [-0.2, 0) is 11.2 Å². The van der Waals surface area contributed by atoms with Crippen LogP contribution < -0.4 is 0 Å². The van der Waals surface area contributed by atoms with Crippen LogP contribution in [0.1, 0.15) is 25.8 Å². The molecular weight excluding hydrogens is 231 g/mol. The predicted octanol–water partition coefficient (Wildman–Crippen LogP) is 2.52. The summed E-state index contributed by atoms with van der Waals surface area (Å²) < 4.78 is 12.7. The van der Waals surface area contributed by atoms with Gasteiger partial charge in [0.25, 0.3) is 0 Å². The molecule has 0 aliphatic carbocycles. The molecule has 1 rings (SSSR count). The highest BCUT2D eigenvalue weighted by atomic mass is 19.1. The van der Waals surface area contributed by atoms with Gasteiger partial charge in [0, 0.05) is 12.6 Å². The molecular formula is C14H17FN2O. The van der Waals surface area contributed by atoms with Crippen LogP contribution in [0.2, 0.25) is 0 Å². The summed E-state index contributed by atoms with van der Waals surface area (Å²) in [5, 5.41) is 8.57. The summed E-state index contributed by atoms with van der Waals surface area (Å²) in [6.45, 7) is 4.27. The van der Waals surface area contributed by atoms with Crippen LogP contribution >= 0.6 is 0 Å². The number of hydrogen-bond donors (Lipinski definition) is 0. The highest BCUT2D eigenvalue weighted by Gasteiger charge is 2.16. The van der Waals surface area contributed by atoms with Crippen molar-refractivity contribution in [2.45, 2.75) is 32.7 Å². The van der Waals surface area contributed by atoms with Crippen molar-refractivity contribution in [2.24, 2.45) is 0 Å². The topological polar surface area (TPSA) is 44.1 Å². The van der Waals surface area contributed by atoms with E-state index in [2.05, 4.69) is 0 Å². The lowest BCUT2D eigenvalue weighted by atomic mass is 10.1. The molecule has 18 heavy (non-hydrogen) atoms. The molecule has 0 unspecified atom stereocenters. The van der Waals surface area contributed by atoms with Crippen molar-refractivity contribution in [2.75, 3.05) is 6.54 Å². The molecule has 0 aliphatic rings. The Hall–Kier alpha value is -1.89. The molecule has 1 aromatic rings. The van der Waals surface area contributed by atoms with E-state index in [4.69, 9.17) is 5.26 Å². The number of benzene rings is 1. The van der Waals surface area contributed by atoms with E-state index in [0.29, 0.717) is 13.0 Å². The van der Waals surface area contributed by atoms with Crippen molar-refractivity contribution in [3.63, 3.8) is 0 Å². The molecule has 0 aliphatic heterocycles. The van der Waals surface area contributed by atoms with Crippen LogP contribution in [0.5, 0.6) is 0 Å². The van der Waals surface area contributed by atoms with Crippen LogP contribution in [0, 0.1) is 17.1 Å². The average molecular weight is 248 g/mol. The molecule has 0 saturated carbocycles. The third kappa shape index (κ3) is 4.17. The number of hydrogen-bond acceptors (Lipinski definition) is 2. The van der Waals surface area contributed by atoms with Crippen molar-refractivity contribution >= 4 is 5.91 Å². The van der Waals surface area contributed by atoms with Crippen molar-refractivity contribution < 1.29 is 9.18 Å². The number of halogens is 1. The Kier molecular flexibility index (Phi) is 5.31. The van der Waals surface area contributed by atoms with E-state index in [1.165, 1.54) is 12.1 Å². The predicted molar refractivity (Wildman–Crippen MR) is 67.2 cm³/mol. The third-order valence-electron chi connectivity index (χ3n) is 2.68. The van der Waals surface area contributed by atoms with Gasteiger partial charge in [0.05, 0.1) is 18.9 Å². The zero-order chi connectivity index (χ0) is 13.5. The molecule has 4 heteroatoms. The first-order valence-corrected chi connectivity index (χ1v) is 5.95. The molecule has 0 spiro atoms. The number of nitrogens with zero attached hydrogens (tertiary/aromatic N) is 2. The van der Waals surface area contributed by atoms with Gasteiger partial charge in [0.15, 0.2) is 0 Å². The standard InChI is InChI=1S/C14H17FN2O/c1-11(2)17(9-3-8-16)14(18)10-12-4-6-13(15)7-5-12/h4-7,11H,3,9-10H2,1-2H3. The van der Waals surface area contributed by atoms with Crippen molar-refractivity contribution in [3.05, 3.63) is 35.6 Å². The van der Waals surface area contributed by atoms with E-state index in [0.717, 1.165) is 5.56 Å². The van der Waals surface area contributed by atoms with Gasteiger partial charge in [0.1, 0.15) is 5.82 Å². The van der Waals surface area contributed by atoms with E-state index in [1.54, 1.807) is 17.0 Å². The Labute approximate surface area is 107 Å². The van der Waals surface area contributed by atoms with E-state index in [9.17, 15) is 9.18 Å². The SMILES string of the molecule is CC(C)N(CCC#N)C(=O)Cc1ccc(F)cc1. The van der Waals surface area contributed by atoms with E-state index >= 15 is 0 Å². The highest BCUT2D eigenvalue weighted by Crippen LogP contribution is 2.08. The molecule has 1 aromatic carbocycles. The zero-order valence-corrected chi connectivity index (χ0v) is 10.7. The molecule has 0 fully saturated rings. The molecule has 96 valence electrons. The Morgan fingerprint density at radius 1 is 1.39 bits per heavy atom. The van der Waals surface area contributed by atoms with Gasteiger partial charge >= 0.3 is 0 Å². The second-order valence-corrected chi connectivity index (χ2v) is 4.39. The summed E-state index contributed by atoms with van der Waals surface area (Å²) in [7, 11) is 0. The maximum Gasteiger partial charge on any atom is 0.227 e. The fourth-order valence-electron chi connectivity index (χ4n) is 1.72. The Balaban J connectivity index is 2.67. The largest absolute Gasteiger partial charge is 0.339 e. The fraction of sp³-hybridized carbons (Fsp3) is 0.429. The van der Waals surface area contributed by atoms with Crippen LogP contribution in [0.3, 0.4) is 0 Å². The van der Waals surface area contributed by atoms with Crippen molar-refractivity contribution in [1.82, 2.24) is 4.90 Å². The molecule has 0 heterocycles. The lowest BCUT2D eigenvalue weighted by Gasteiger charge is -2.25. The Morgan fingerprint density at radius 2 is 2.00 bits per heavy atom. The first kappa shape index (κ1) is 14.2. The van der Waals surface area contributed by atoms with Gasteiger partial charge in [-0.1, -0.05) is 12.1 Å². The van der Waals surface area contributed by atoms with Crippen molar-refractivity contribution in [3.8, 4) is 6.07 Å².